The Kier molecular flexibility index (Phi) is 5.14. The van der Waals surface area contributed by atoms with Crippen molar-refractivity contribution in [2.24, 2.45) is 0 Å². The van der Waals surface area contributed by atoms with E-state index < -0.39 is 34.9 Å². The normalized spacial score (nSPS) is 18.7. The van der Waals surface area contributed by atoms with Gasteiger partial charge >= 0.3 is 6.03 Å². The van der Waals surface area contributed by atoms with Crippen LogP contribution in [0.3, 0.4) is 0 Å². The number of amides is 4. The lowest BCUT2D eigenvalue weighted by Gasteiger charge is -2.22. The molecule has 1 unspecified atom stereocenters. The minimum Gasteiger partial charge on any atom is -0.324 e. The SMILES string of the molecule is CC1(c2cccc(Br)c2)NC(=O)N(CC(=O)Nc2cccc([N+](=O)[O-])c2)C1=O. The second kappa shape index (κ2) is 7.39. The van der Waals surface area contributed by atoms with Crippen LogP contribution in [0.25, 0.3) is 0 Å². The zero-order valence-electron chi connectivity index (χ0n) is 14.6. The molecule has 0 saturated carbocycles. The van der Waals surface area contributed by atoms with E-state index >= 15 is 0 Å². The highest BCUT2D eigenvalue weighted by atomic mass is 79.9. The number of non-ortho nitro benzene ring substituents is 1. The number of anilines is 1. The smallest absolute Gasteiger partial charge is 0.324 e. The second-order valence-corrected chi connectivity index (χ2v) is 7.23. The molecule has 0 radical (unpaired) electrons. The molecular weight excluding hydrogens is 432 g/mol. The predicted octanol–water partition coefficient (Wildman–Crippen LogP) is 2.76. The summed E-state index contributed by atoms with van der Waals surface area (Å²) in [5, 5.41) is 15.9. The van der Waals surface area contributed by atoms with Gasteiger partial charge in [0.2, 0.25) is 5.91 Å². The van der Waals surface area contributed by atoms with Gasteiger partial charge in [-0.3, -0.25) is 24.6 Å². The van der Waals surface area contributed by atoms with Gasteiger partial charge in [-0.05, 0) is 30.7 Å². The molecular formula is C18H15BrN4O5. The number of benzene rings is 2. The summed E-state index contributed by atoms with van der Waals surface area (Å²) in [5.41, 5.74) is -0.718. The van der Waals surface area contributed by atoms with Crippen molar-refractivity contribution in [1.29, 1.82) is 0 Å². The molecule has 1 heterocycles. The molecule has 144 valence electrons. The molecule has 1 saturated heterocycles. The van der Waals surface area contributed by atoms with Crippen molar-refractivity contribution in [3.63, 3.8) is 0 Å². The first-order chi connectivity index (χ1) is 13.2. The van der Waals surface area contributed by atoms with E-state index in [4.69, 9.17) is 0 Å². The number of hydrogen-bond donors (Lipinski definition) is 2. The van der Waals surface area contributed by atoms with E-state index in [-0.39, 0.29) is 11.4 Å². The lowest BCUT2D eigenvalue weighted by molar-refractivity contribution is -0.384. The van der Waals surface area contributed by atoms with E-state index in [1.807, 2.05) is 0 Å². The van der Waals surface area contributed by atoms with Crippen molar-refractivity contribution in [3.8, 4) is 0 Å². The van der Waals surface area contributed by atoms with Gasteiger partial charge in [0.1, 0.15) is 12.1 Å². The number of rotatable bonds is 5. The molecule has 2 N–H and O–H groups in total. The standard InChI is InChI=1S/C18H15BrN4O5/c1-18(11-4-2-5-12(19)8-11)16(25)22(17(26)21-18)10-15(24)20-13-6-3-7-14(9-13)23(27)28/h2-9H,10H2,1H3,(H,20,24)(H,21,26). The van der Waals surface area contributed by atoms with Gasteiger partial charge < -0.3 is 10.6 Å². The molecule has 28 heavy (non-hydrogen) atoms. The molecule has 9 nitrogen and oxygen atoms in total. The fraction of sp³-hybridized carbons (Fsp3) is 0.167. The Hall–Kier alpha value is -3.27. The van der Waals surface area contributed by atoms with E-state index in [1.54, 1.807) is 31.2 Å². The summed E-state index contributed by atoms with van der Waals surface area (Å²) in [5.74, 6) is -1.22. The Bertz CT molecular complexity index is 995. The fourth-order valence-electron chi connectivity index (χ4n) is 2.88. The van der Waals surface area contributed by atoms with Gasteiger partial charge in [0.15, 0.2) is 0 Å². The number of carbonyl (C=O) groups is 3. The summed E-state index contributed by atoms with van der Waals surface area (Å²) in [6.07, 6.45) is 0. The van der Waals surface area contributed by atoms with Crippen LogP contribution in [-0.2, 0) is 15.1 Å². The highest BCUT2D eigenvalue weighted by molar-refractivity contribution is 9.10. The highest BCUT2D eigenvalue weighted by Crippen LogP contribution is 2.30. The van der Waals surface area contributed by atoms with Crippen LogP contribution < -0.4 is 10.6 Å². The van der Waals surface area contributed by atoms with Crippen molar-refractivity contribution in [2.45, 2.75) is 12.5 Å². The summed E-state index contributed by atoms with van der Waals surface area (Å²) in [6, 6.07) is 11.6. The third-order valence-electron chi connectivity index (χ3n) is 4.32. The average Bonchev–Trinajstić information content (AvgIpc) is 2.86. The van der Waals surface area contributed by atoms with Crippen LogP contribution in [0.1, 0.15) is 12.5 Å². The number of hydrogen-bond acceptors (Lipinski definition) is 5. The van der Waals surface area contributed by atoms with E-state index in [9.17, 15) is 24.5 Å². The molecule has 1 aliphatic heterocycles. The Morgan fingerprint density at radius 2 is 1.96 bits per heavy atom. The molecule has 1 atom stereocenters. The van der Waals surface area contributed by atoms with Crippen LogP contribution in [0.4, 0.5) is 16.2 Å². The van der Waals surface area contributed by atoms with Gasteiger partial charge in [-0.2, -0.15) is 0 Å². The number of imide groups is 1. The zero-order chi connectivity index (χ0) is 20.5. The number of nitro groups is 1. The number of carbonyl (C=O) groups excluding carboxylic acids is 3. The third-order valence-corrected chi connectivity index (χ3v) is 4.81. The Labute approximate surface area is 168 Å². The van der Waals surface area contributed by atoms with Crippen LogP contribution in [0, 0.1) is 10.1 Å². The number of urea groups is 1. The molecule has 4 amide bonds. The predicted molar refractivity (Wildman–Crippen MR) is 103 cm³/mol. The Morgan fingerprint density at radius 3 is 2.64 bits per heavy atom. The lowest BCUT2D eigenvalue weighted by atomic mass is 9.92. The fourth-order valence-corrected chi connectivity index (χ4v) is 3.28. The van der Waals surface area contributed by atoms with E-state index in [0.29, 0.717) is 5.56 Å². The van der Waals surface area contributed by atoms with E-state index in [0.717, 1.165) is 9.37 Å². The summed E-state index contributed by atoms with van der Waals surface area (Å²) in [6.45, 7) is 1.05. The van der Waals surface area contributed by atoms with Gasteiger partial charge in [-0.25, -0.2) is 4.79 Å². The number of nitro benzene ring substituents is 1. The van der Waals surface area contributed by atoms with Crippen molar-refractivity contribution >= 4 is 45.2 Å². The van der Waals surface area contributed by atoms with Crippen LogP contribution in [0.5, 0.6) is 0 Å². The number of nitrogens with one attached hydrogen (secondary N) is 2. The number of nitrogens with zero attached hydrogens (tertiary/aromatic N) is 2. The quantitative estimate of drug-likeness (QED) is 0.415. The maximum absolute atomic E-state index is 12.8. The topological polar surface area (TPSA) is 122 Å². The van der Waals surface area contributed by atoms with Crippen molar-refractivity contribution in [1.82, 2.24) is 10.2 Å². The van der Waals surface area contributed by atoms with E-state index in [1.165, 1.54) is 24.3 Å². The van der Waals surface area contributed by atoms with Crippen LogP contribution in [-0.4, -0.2) is 34.2 Å². The largest absolute Gasteiger partial charge is 0.325 e. The second-order valence-electron chi connectivity index (χ2n) is 6.31. The minimum absolute atomic E-state index is 0.185. The zero-order valence-corrected chi connectivity index (χ0v) is 16.2. The molecule has 0 spiro atoms. The first-order valence-corrected chi connectivity index (χ1v) is 8.94. The first kappa shape index (κ1) is 19.5. The Balaban J connectivity index is 1.75. The van der Waals surface area contributed by atoms with Crippen molar-refractivity contribution in [3.05, 3.63) is 68.7 Å². The van der Waals surface area contributed by atoms with Gasteiger partial charge in [-0.15, -0.1) is 0 Å². The highest BCUT2D eigenvalue weighted by Gasteiger charge is 2.49. The summed E-state index contributed by atoms with van der Waals surface area (Å²) >= 11 is 3.33. The van der Waals surface area contributed by atoms with Gasteiger partial charge in [0.25, 0.3) is 11.6 Å². The molecule has 0 aliphatic carbocycles. The molecule has 0 bridgehead atoms. The van der Waals surface area contributed by atoms with Crippen LogP contribution in [0.15, 0.2) is 53.0 Å². The lowest BCUT2D eigenvalue weighted by Crippen LogP contribution is -2.42. The van der Waals surface area contributed by atoms with Crippen molar-refractivity contribution in [2.75, 3.05) is 11.9 Å². The van der Waals surface area contributed by atoms with Crippen LogP contribution >= 0.6 is 15.9 Å². The molecule has 2 aromatic rings. The monoisotopic (exact) mass is 446 g/mol. The molecule has 0 aromatic heterocycles. The maximum atomic E-state index is 12.8. The molecule has 10 heteroatoms. The summed E-state index contributed by atoms with van der Waals surface area (Å²) in [4.78, 5) is 48.5. The van der Waals surface area contributed by atoms with Gasteiger partial charge in [-0.1, -0.05) is 34.1 Å². The van der Waals surface area contributed by atoms with E-state index in [2.05, 4.69) is 26.6 Å². The first-order valence-electron chi connectivity index (χ1n) is 8.15. The molecule has 1 aliphatic rings. The molecule has 1 fully saturated rings. The third kappa shape index (κ3) is 3.72. The average molecular weight is 447 g/mol. The number of halogens is 1. The van der Waals surface area contributed by atoms with Gasteiger partial charge in [0.05, 0.1) is 4.92 Å². The Morgan fingerprint density at radius 1 is 1.25 bits per heavy atom. The summed E-state index contributed by atoms with van der Waals surface area (Å²) in [7, 11) is 0. The molecule has 2 aromatic carbocycles. The summed E-state index contributed by atoms with van der Waals surface area (Å²) < 4.78 is 0.745. The van der Waals surface area contributed by atoms with Crippen LogP contribution in [0.2, 0.25) is 0 Å². The minimum atomic E-state index is -1.30. The van der Waals surface area contributed by atoms with Gasteiger partial charge in [0, 0.05) is 22.3 Å². The maximum Gasteiger partial charge on any atom is 0.325 e. The molecule has 3 rings (SSSR count). The van der Waals surface area contributed by atoms with Crippen molar-refractivity contribution < 1.29 is 19.3 Å².